The molecule has 1 aliphatic heterocycles. The minimum atomic E-state index is -1.56. The first-order chi connectivity index (χ1) is 21.6. The number of allylic oxidation sites excluding steroid dienone is 1. The van der Waals surface area contributed by atoms with Gasteiger partial charge in [-0.15, -0.1) is 0 Å². The molecule has 1 aliphatic rings. The van der Waals surface area contributed by atoms with Crippen molar-refractivity contribution in [2.45, 2.75) is 90.7 Å². The Morgan fingerprint density at radius 3 is 2.22 bits per heavy atom. The number of carbonyl (C=O) groups is 5. The standard InChI is InChI=1S/C36H45NO8/c1-25-16-15-19-29(22-25)30(32(40)20-13-8-6-4-5-7-9-14-21-38)23-33(41)34(45-27(3)39)26(2)35(42)37-31(24-44-36(37)43)28-17-11-10-12-18-28/h10-12,15-19,22-23,26,31,34,38H,4-9,13-14,20-21,24H2,1-3H3/t26-,31+,34-/m0/s1. The summed E-state index contributed by atoms with van der Waals surface area (Å²) in [6.07, 6.45) is 6.61. The third-order valence-corrected chi connectivity index (χ3v) is 7.94. The third-order valence-electron chi connectivity index (χ3n) is 7.94. The van der Waals surface area contributed by atoms with E-state index >= 15 is 0 Å². The molecule has 2 aromatic rings. The Hall–Kier alpha value is -4.11. The summed E-state index contributed by atoms with van der Waals surface area (Å²) in [6, 6.07) is 15.5. The van der Waals surface area contributed by atoms with Gasteiger partial charge >= 0.3 is 12.1 Å². The van der Waals surface area contributed by atoms with Crippen molar-refractivity contribution in [2.24, 2.45) is 5.92 Å². The fourth-order valence-electron chi connectivity index (χ4n) is 5.47. The van der Waals surface area contributed by atoms with E-state index in [1.165, 1.54) is 13.0 Å². The lowest BCUT2D eigenvalue weighted by Gasteiger charge is -2.27. The van der Waals surface area contributed by atoms with Gasteiger partial charge in [0.2, 0.25) is 5.91 Å². The van der Waals surface area contributed by atoms with Crippen LogP contribution in [-0.2, 0) is 28.7 Å². The first kappa shape index (κ1) is 35.4. The van der Waals surface area contributed by atoms with E-state index in [0.29, 0.717) is 17.5 Å². The van der Waals surface area contributed by atoms with Gasteiger partial charge in [0.15, 0.2) is 17.7 Å². The van der Waals surface area contributed by atoms with Gasteiger partial charge in [0.25, 0.3) is 0 Å². The lowest BCUT2D eigenvalue weighted by molar-refractivity contribution is -0.158. The van der Waals surface area contributed by atoms with E-state index in [4.69, 9.17) is 14.6 Å². The van der Waals surface area contributed by atoms with Crippen LogP contribution >= 0.6 is 0 Å². The number of amides is 2. The maximum Gasteiger partial charge on any atom is 0.417 e. The van der Waals surface area contributed by atoms with E-state index < -0.39 is 41.8 Å². The van der Waals surface area contributed by atoms with Gasteiger partial charge in [0.05, 0.1) is 5.92 Å². The smallest absolute Gasteiger partial charge is 0.417 e. The number of aryl methyl sites for hydroxylation is 1. The average molecular weight is 620 g/mol. The number of hydrogen-bond donors (Lipinski definition) is 1. The Bertz CT molecular complexity index is 1350. The molecule has 0 saturated carbocycles. The van der Waals surface area contributed by atoms with Gasteiger partial charge in [-0.25, -0.2) is 9.69 Å². The molecule has 0 aromatic heterocycles. The van der Waals surface area contributed by atoms with Crippen molar-refractivity contribution in [3.63, 3.8) is 0 Å². The zero-order valence-corrected chi connectivity index (χ0v) is 26.5. The molecule has 0 radical (unpaired) electrons. The number of nitrogens with zero attached hydrogens (tertiary/aromatic N) is 1. The molecule has 0 bridgehead atoms. The van der Waals surface area contributed by atoms with Crippen LogP contribution in [0.1, 0.15) is 94.4 Å². The quantitative estimate of drug-likeness (QED) is 0.117. The first-order valence-electron chi connectivity index (χ1n) is 15.8. The first-order valence-corrected chi connectivity index (χ1v) is 15.8. The van der Waals surface area contributed by atoms with Crippen molar-refractivity contribution < 1.29 is 38.6 Å². The normalized spacial score (nSPS) is 16.2. The molecule has 0 aliphatic carbocycles. The van der Waals surface area contributed by atoms with Crippen molar-refractivity contribution in [1.29, 1.82) is 0 Å². The lowest BCUT2D eigenvalue weighted by Crippen LogP contribution is -2.45. The number of ether oxygens (including phenoxy) is 2. The summed E-state index contributed by atoms with van der Waals surface area (Å²) in [4.78, 5) is 66.7. The highest BCUT2D eigenvalue weighted by Crippen LogP contribution is 2.31. The zero-order valence-electron chi connectivity index (χ0n) is 26.5. The van der Waals surface area contributed by atoms with Crippen LogP contribution in [-0.4, -0.2) is 58.9 Å². The minimum Gasteiger partial charge on any atom is -0.453 e. The molecular formula is C36H45NO8. The second kappa shape index (κ2) is 18.0. The number of benzene rings is 2. The van der Waals surface area contributed by atoms with Crippen molar-refractivity contribution in [1.82, 2.24) is 4.90 Å². The molecule has 0 unspecified atom stereocenters. The van der Waals surface area contributed by atoms with E-state index in [9.17, 15) is 24.0 Å². The Morgan fingerprint density at radius 2 is 1.60 bits per heavy atom. The number of hydrogen-bond acceptors (Lipinski definition) is 8. The highest BCUT2D eigenvalue weighted by molar-refractivity contribution is 6.25. The van der Waals surface area contributed by atoms with E-state index in [-0.39, 0.29) is 31.0 Å². The van der Waals surface area contributed by atoms with Gasteiger partial charge in [-0.05, 0) is 43.9 Å². The molecular weight excluding hydrogens is 574 g/mol. The maximum absolute atomic E-state index is 13.8. The monoisotopic (exact) mass is 619 g/mol. The van der Waals surface area contributed by atoms with Gasteiger partial charge in [0.1, 0.15) is 12.6 Å². The number of aliphatic hydroxyl groups is 1. The molecule has 0 spiro atoms. The van der Waals surface area contributed by atoms with Crippen molar-refractivity contribution in [2.75, 3.05) is 13.2 Å². The summed E-state index contributed by atoms with van der Waals surface area (Å²) in [5.74, 6) is -3.67. The predicted molar refractivity (Wildman–Crippen MR) is 170 cm³/mol. The van der Waals surface area contributed by atoms with E-state index in [2.05, 4.69) is 0 Å². The van der Waals surface area contributed by atoms with Crippen LogP contribution < -0.4 is 0 Å². The molecule has 2 aromatic carbocycles. The van der Waals surface area contributed by atoms with E-state index in [0.717, 1.165) is 62.3 Å². The maximum atomic E-state index is 13.8. The third kappa shape index (κ3) is 10.5. The van der Waals surface area contributed by atoms with Crippen molar-refractivity contribution >= 4 is 35.1 Å². The number of Topliss-reactive ketones (excluding diaryl/α,β-unsaturated/α-hetero) is 1. The summed E-state index contributed by atoms with van der Waals surface area (Å²) in [7, 11) is 0. The van der Waals surface area contributed by atoms with Gasteiger partial charge in [0, 0.05) is 25.5 Å². The van der Waals surface area contributed by atoms with Gasteiger partial charge in [-0.3, -0.25) is 19.2 Å². The molecule has 2 amide bonds. The Balaban J connectivity index is 1.79. The Morgan fingerprint density at radius 1 is 0.956 bits per heavy atom. The number of cyclic esters (lactones) is 1. The van der Waals surface area contributed by atoms with Gasteiger partial charge < -0.3 is 14.6 Å². The molecule has 3 rings (SSSR count). The van der Waals surface area contributed by atoms with Crippen LogP contribution in [0.25, 0.3) is 5.57 Å². The molecule has 1 fully saturated rings. The highest BCUT2D eigenvalue weighted by atomic mass is 16.6. The molecule has 1 N–H and O–H groups in total. The molecule has 9 nitrogen and oxygen atoms in total. The predicted octanol–water partition coefficient (Wildman–Crippen LogP) is 6.31. The number of aliphatic hydroxyl groups excluding tert-OH is 1. The number of ketones is 2. The van der Waals surface area contributed by atoms with E-state index in [1.54, 1.807) is 36.4 Å². The van der Waals surface area contributed by atoms with Crippen LogP contribution in [0, 0.1) is 12.8 Å². The summed E-state index contributed by atoms with van der Waals surface area (Å²) in [6.45, 7) is 4.63. The molecule has 9 heteroatoms. The molecule has 242 valence electrons. The summed E-state index contributed by atoms with van der Waals surface area (Å²) >= 11 is 0. The number of esters is 1. The van der Waals surface area contributed by atoms with Crippen molar-refractivity contribution in [3.8, 4) is 0 Å². The topological polar surface area (TPSA) is 127 Å². The molecule has 45 heavy (non-hydrogen) atoms. The number of carbonyl (C=O) groups excluding carboxylic acids is 5. The second-order valence-electron chi connectivity index (χ2n) is 11.6. The van der Waals surface area contributed by atoms with E-state index in [1.807, 2.05) is 25.1 Å². The fraction of sp³-hybridized carbons (Fsp3) is 0.472. The number of rotatable bonds is 18. The Labute approximate surface area is 265 Å². The van der Waals surface area contributed by atoms with Gasteiger partial charge in [-0.2, -0.15) is 0 Å². The molecule has 3 atom stereocenters. The summed E-state index contributed by atoms with van der Waals surface area (Å²) in [5.41, 5.74) is 2.34. The van der Waals surface area contributed by atoms with Crippen LogP contribution in [0.3, 0.4) is 0 Å². The number of unbranched alkanes of at least 4 members (excludes halogenated alkanes) is 7. The molecule has 1 heterocycles. The van der Waals surface area contributed by atoms with Crippen LogP contribution in [0.15, 0.2) is 60.7 Å². The van der Waals surface area contributed by atoms with Crippen LogP contribution in [0.2, 0.25) is 0 Å². The summed E-state index contributed by atoms with van der Waals surface area (Å²) in [5, 5.41) is 8.90. The average Bonchev–Trinajstić information content (AvgIpc) is 3.42. The largest absolute Gasteiger partial charge is 0.453 e. The second-order valence-corrected chi connectivity index (χ2v) is 11.6. The SMILES string of the molecule is CC(=O)O[C@H](C(=O)C=C(C(=O)CCCCCCCCCCO)c1cccc(C)c1)[C@H](C)C(=O)N1C(=O)OC[C@@H]1c1ccccc1. The van der Waals surface area contributed by atoms with Crippen LogP contribution in [0.4, 0.5) is 4.79 Å². The summed E-state index contributed by atoms with van der Waals surface area (Å²) < 4.78 is 10.6. The highest BCUT2D eigenvalue weighted by Gasteiger charge is 2.44. The van der Waals surface area contributed by atoms with Gasteiger partial charge in [-0.1, -0.05) is 98.7 Å². The van der Waals surface area contributed by atoms with Crippen molar-refractivity contribution in [3.05, 3.63) is 77.4 Å². The Kier molecular flexibility index (Phi) is 14.1. The minimum absolute atomic E-state index is 0.0386. The lowest BCUT2D eigenvalue weighted by atomic mass is 9.92. The zero-order chi connectivity index (χ0) is 32.8. The fourth-order valence-corrected chi connectivity index (χ4v) is 5.47. The number of imide groups is 1. The van der Waals surface area contributed by atoms with Crippen LogP contribution in [0.5, 0.6) is 0 Å². The molecule has 1 saturated heterocycles.